The van der Waals surface area contributed by atoms with Gasteiger partial charge in [-0.1, -0.05) is 30.3 Å². The lowest BCUT2D eigenvalue weighted by Crippen LogP contribution is -2.30. The van der Waals surface area contributed by atoms with Crippen molar-refractivity contribution in [3.8, 4) is 11.5 Å². The van der Waals surface area contributed by atoms with E-state index < -0.39 is 0 Å². The average Bonchev–Trinajstić information content (AvgIpc) is 2.68. The molecule has 148 valence electrons. The minimum atomic E-state index is -0.197. The van der Waals surface area contributed by atoms with Gasteiger partial charge in [0, 0.05) is 6.54 Å². The molecule has 8 heteroatoms. The molecule has 0 saturated heterocycles. The van der Waals surface area contributed by atoms with E-state index in [9.17, 15) is 4.79 Å². The summed E-state index contributed by atoms with van der Waals surface area (Å²) in [7, 11) is 0. The van der Waals surface area contributed by atoms with Crippen LogP contribution in [0.2, 0.25) is 0 Å². The van der Waals surface area contributed by atoms with Gasteiger partial charge < -0.3 is 26.3 Å². The highest BCUT2D eigenvalue weighted by atomic mass is 16.5. The van der Waals surface area contributed by atoms with Gasteiger partial charge in [0.15, 0.2) is 18.1 Å². The van der Waals surface area contributed by atoms with Crippen molar-refractivity contribution in [3.05, 3.63) is 59.7 Å². The van der Waals surface area contributed by atoms with Crippen LogP contribution in [-0.4, -0.2) is 37.8 Å². The van der Waals surface area contributed by atoms with Crippen molar-refractivity contribution in [2.75, 3.05) is 19.8 Å². The molecule has 0 unspecified atom stereocenters. The molecule has 8 nitrogen and oxygen atoms in total. The molecule has 0 radical (unpaired) electrons. The largest absolute Gasteiger partial charge is 0.490 e. The van der Waals surface area contributed by atoms with Gasteiger partial charge >= 0.3 is 0 Å². The molecule has 5 N–H and O–H groups in total. The van der Waals surface area contributed by atoms with Crippen LogP contribution in [0.1, 0.15) is 18.1 Å². The van der Waals surface area contributed by atoms with Crippen LogP contribution in [0.3, 0.4) is 0 Å². The Balaban J connectivity index is 1.88. The van der Waals surface area contributed by atoms with Crippen LogP contribution in [0.5, 0.6) is 11.5 Å². The fraction of sp³-hybridized carbons (Fsp3) is 0.250. The second kappa shape index (κ2) is 11.2. The van der Waals surface area contributed by atoms with Crippen molar-refractivity contribution in [1.29, 1.82) is 0 Å². The van der Waals surface area contributed by atoms with Gasteiger partial charge in [0.1, 0.15) is 0 Å². The molecule has 0 saturated carbocycles. The Morgan fingerprint density at radius 3 is 2.61 bits per heavy atom. The number of nitrogens with one attached hydrogen (secondary N) is 1. The molecule has 28 heavy (non-hydrogen) atoms. The van der Waals surface area contributed by atoms with E-state index in [0.717, 1.165) is 12.0 Å². The maximum absolute atomic E-state index is 12.0. The highest BCUT2D eigenvalue weighted by Crippen LogP contribution is 2.28. The molecule has 0 aliphatic heterocycles. The summed E-state index contributed by atoms with van der Waals surface area (Å²) in [6, 6.07) is 15.2. The maximum atomic E-state index is 12.0. The van der Waals surface area contributed by atoms with E-state index in [1.807, 2.05) is 37.3 Å². The molecule has 2 rings (SSSR count). The number of amides is 1. The molecule has 0 aromatic heterocycles. The molecule has 1 amide bonds. The first-order valence-electron chi connectivity index (χ1n) is 8.90. The zero-order valence-electron chi connectivity index (χ0n) is 15.8. The van der Waals surface area contributed by atoms with E-state index in [0.29, 0.717) is 24.7 Å². The summed E-state index contributed by atoms with van der Waals surface area (Å²) in [5.41, 5.74) is 12.3. The van der Waals surface area contributed by atoms with Gasteiger partial charge in [-0.05, 0) is 42.7 Å². The topological polar surface area (TPSA) is 124 Å². The first-order chi connectivity index (χ1) is 13.6. The fourth-order valence-electron chi connectivity index (χ4n) is 2.34. The number of guanidine groups is 1. The number of hydrogen-bond acceptors (Lipinski definition) is 5. The maximum Gasteiger partial charge on any atom is 0.257 e. The predicted octanol–water partition coefficient (Wildman–Crippen LogP) is 1.43. The zero-order valence-corrected chi connectivity index (χ0v) is 15.8. The third-order valence-corrected chi connectivity index (χ3v) is 3.59. The molecule has 2 aromatic rings. The van der Waals surface area contributed by atoms with Crippen molar-refractivity contribution in [2.24, 2.45) is 21.7 Å². The molecule has 0 spiro atoms. The quantitative estimate of drug-likeness (QED) is 0.325. The van der Waals surface area contributed by atoms with Gasteiger partial charge in [-0.15, -0.1) is 5.10 Å². The van der Waals surface area contributed by atoms with Gasteiger partial charge in [0.05, 0.1) is 12.8 Å². The Hall–Kier alpha value is -3.55. The summed E-state index contributed by atoms with van der Waals surface area (Å²) in [6.07, 6.45) is 2.25. The minimum absolute atomic E-state index is 0.101. The van der Waals surface area contributed by atoms with Crippen molar-refractivity contribution < 1.29 is 14.3 Å². The lowest BCUT2D eigenvalue weighted by Gasteiger charge is -2.12. The number of carbonyl (C=O) groups is 1. The summed E-state index contributed by atoms with van der Waals surface area (Å²) < 4.78 is 11.2. The normalized spacial score (nSPS) is 10.5. The van der Waals surface area contributed by atoms with Crippen LogP contribution in [0, 0.1) is 0 Å². The summed E-state index contributed by atoms with van der Waals surface area (Å²) in [4.78, 5) is 12.0. The van der Waals surface area contributed by atoms with Crippen LogP contribution in [0.15, 0.2) is 58.7 Å². The average molecular weight is 383 g/mol. The van der Waals surface area contributed by atoms with Crippen molar-refractivity contribution in [1.82, 2.24) is 5.32 Å². The third kappa shape index (κ3) is 7.36. The van der Waals surface area contributed by atoms with E-state index in [-0.39, 0.29) is 18.5 Å². The monoisotopic (exact) mass is 383 g/mol. The lowest BCUT2D eigenvalue weighted by atomic mass is 10.1. The molecule has 0 aliphatic carbocycles. The minimum Gasteiger partial charge on any atom is -0.490 e. The van der Waals surface area contributed by atoms with E-state index in [1.54, 1.807) is 18.2 Å². The smallest absolute Gasteiger partial charge is 0.257 e. The van der Waals surface area contributed by atoms with Crippen molar-refractivity contribution >= 4 is 18.1 Å². The van der Waals surface area contributed by atoms with Crippen LogP contribution in [0.4, 0.5) is 0 Å². The second-order valence-electron chi connectivity index (χ2n) is 5.78. The highest BCUT2D eigenvalue weighted by molar-refractivity contribution is 5.82. The van der Waals surface area contributed by atoms with Crippen LogP contribution in [-0.2, 0) is 11.2 Å². The van der Waals surface area contributed by atoms with E-state index in [2.05, 4.69) is 15.5 Å². The Labute approximate surface area is 164 Å². The van der Waals surface area contributed by atoms with E-state index in [1.165, 1.54) is 11.8 Å². The Kier molecular flexibility index (Phi) is 8.32. The number of rotatable bonds is 10. The summed E-state index contributed by atoms with van der Waals surface area (Å²) in [5, 5.41) is 10.1. The molecule has 0 bridgehead atoms. The third-order valence-electron chi connectivity index (χ3n) is 3.59. The van der Waals surface area contributed by atoms with Crippen molar-refractivity contribution in [2.45, 2.75) is 13.3 Å². The van der Waals surface area contributed by atoms with Crippen LogP contribution in [0.25, 0.3) is 0 Å². The summed E-state index contributed by atoms with van der Waals surface area (Å²) >= 11 is 0. The van der Waals surface area contributed by atoms with Gasteiger partial charge in [-0.2, -0.15) is 5.10 Å². The van der Waals surface area contributed by atoms with Gasteiger partial charge in [0.2, 0.25) is 5.96 Å². The second-order valence-corrected chi connectivity index (χ2v) is 5.78. The van der Waals surface area contributed by atoms with Gasteiger partial charge in [0.25, 0.3) is 5.91 Å². The SMILES string of the molecule is CCOc1cc(C=NN=C(N)N)ccc1OCC(=O)NCCc1ccccc1. The number of nitrogens with two attached hydrogens (primary N) is 2. The molecular weight excluding hydrogens is 358 g/mol. The first kappa shape index (κ1) is 20.8. The van der Waals surface area contributed by atoms with E-state index in [4.69, 9.17) is 20.9 Å². The van der Waals surface area contributed by atoms with E-state index >= 15 is 0 Å². The number of ether oxygens (including phenoxy) is 2. The standard InChI is InChI=1S/C20H25N5O3/c1-2-27-18-12-16(13-24-25-20(21)22)8-9-17(18)28-14-19(26)23-11-10-15-6-4-3-5-7-15/h3-9,12-13H,2,10-11,14H2,1H3,(H,23,26)(H4,21,22,25). The Morgan fingerprint density at radius 1 is 1.11 bits per heavy atom. The van der Waals surface area contributed by atoms with Crippen LogP contribution >= 0.6 is 0 Å². The predicted molar refractivity (Wildman–Crippen MR) is 110 cm³/mol. The Bertz CT molecular complexity index is 818. The molecular formula is C20H25N5O3. The first-order valence-corrected chi connectivity index (χ1v) is 8.90. The number of benzene rings is 2. The zero-order chi connectivity index (χ0) is 20.2. The number of hydrogen-bond donors (Lipinski definition) is 3. The lowest BCUT2D eigenvalue weighted by molar-refractivity contribution is -0.123. The Morgan fingerprint density at radius 2 is 1.89 bits per heavy atom. The van der Waals surface area contributed by atoms with Gasteiger partial charge in [-0.3, -0.25) is 4.79 Å². The summed E-state index contributed by atoms with van der Waals surface area (Å²) in [6.45, 7) is 2.76. The molecule has 2 aromatic carbocycles. The highest BCUT2D eigenvalue weighted by Gasteiger charge is 2.09. The molecule has 0 aliphatic rings. The summed E-state index contributed by atoms with van der Waals surface area (Å²) in [5.74, 6) is 0.656. The number of carbonyl (C=O) groups excluding carboxylic acids is 1. The fourth-order valence-corrected chi connectivity index (χ4v) is 2.34. The van der Waals surface area contributed by atoms with Gasteiger partial charge in [-0.25, -0.2) is 0 Å². The molecule has 0 fully saturated rings. The number of nitrogens with zero attached hydrogens (tertiary/aromatic N) is 2. The van der Waals surface area contributed by atoms with Crippen LogP contribution < -0.4 is 26.3 Å². The molecule has 0 atom stereocenters. The van der Waals surface area contributed by atoms with Crippen molar-refractivity contribution in [3.63, 3.8) is 0 Å². The molecule has 0 heterocycles.